The van der Waals surface area contributed by atoms with Crippen LogP contribution in [0, 0.1) is 0 Å². The molecule has 0 aromatic heterocycles. The summed E-state index contributed by atoms with van der Waals surface area (Å²) in [6.45, 7) is 16.5. The van der Waals surface area contributed by atoms with E-state index in [4.69, 9.17) is 0 Å². The second kappa shape index (κ2) is 6.98. The van der Waals surface area contributed by atoms with Crippen LogP contribution in [0.25, 0.3) is 11.1 Å². The lowest BCUT2D eigenvalue weighted by Crippen LogP contribution is -2.34. The summed E-state index contributed by atoms with van der Waals surface area (Å²) in [5.74, 6) is 0. The van der Waals surface area contributed by atoms with Gasteiger partial charge < -0.3 is 5.32 Å². The largest absolute Gasteiger partial charge is 0.356 e. The van der Waals surface area contributed by atoms with Crippen LogP contribution in [-0.4, -0.2) is 0 Å². The zero-order valence-electron chi connectivity index (χ0n) is 20.8. The van der Waals surface area contributed by atoms with Crippen molar-refractivity contribution in [2.24, 2.45) is 0 Å². The van der Waals surface area contributed by atoms with Crippen molar-refractivity contribution in [1.82, 2.24) is 0 Å². The summed E-state index contributed by atoms with van der Waals surface area (Å²) < 4.78 is 0. The molecule has 166 valence electrons. The molecule has 2 aliphatic rings. The first kappa shape index (κ1) is 21.3. The first-order valence-electron chi connectivity index (χ1n) is 12.1. The van der Waals surface area contributed by atoms with Crippen LogP contribution >= 0.6 is 0 Å². The number of rotatable bonds is 2. The molecule has 1 heteroatoms. The fraction of sp³-hybridized carbons (Fsp3) is 0.419. The van der Waals surface area contributed by atoms with Crippen LogP contribution in [0.4, 0.5) is 11.4 Å². The van der Waals surface area contributed by atoms with Gasteiger partial charge in [0.2, 0.25) is 0 Å². The maximum absolute atomic E-state index is 3.63. The van der Waals surface area contributed by atoms with Crippen molar-refractivity contribution in [2.45, 2.75) is 84.0 Å². The fourth-order valence-corrected chi connectivity index (χ4v) is 5.54. The zero-order chi connectivity index (χ0) is 22.9. The molecule has 0 amide bonds. The van der Waals surface area contributed by atoms with Crippen LogP contribution in [0.5, 0.6) is 0 Å². The molecule has 5 rings (SSSR count). The lowest BCUT2D eigenvalue weighted by atomic mass is 9.62. The lowest BCUT2D eigenvalue weighted by molar-refractivity contribution is 0.332. The molecule has 0 atom stereocenters. The average Bonchev–Trinajstić information content (AvgIpc) is 3.08. The third-order valence-electron chi connectivity index (χ3n) is 7.90. The summed E-state index contributed by atoms with van der Waals surface area (Å²) in [5, 5.41) is 3.63. The van der Waals surface area contributed by atoms with Crippen LogP contribution in [0.15, 0.2) is 54.6 Å². The molecule has 0 saturated carbocycles. The normalized spacial score (nSPS) is 18.0. The van der Waals surface area contributed by atoms with Gasteiger partial charge in [-0.15, -0.1) is 0 Å². The van der Waals surface area contributed by atoms with Crippen molar-refractivity contribution in [2.75, 3.05) is 5.32 Å². The van der Waals surface area contributed by atoms with Crippen molar-refractivity contribution in [3.8, 4) is 11.1 Å². The van der Waals surface area contributed by atoms with Crippen LogP contribution in [0.1, 0.15) is 89.1 Å². The third kappa shape index (κ3) is 3.56. The van der Waals surface area contributed by atoms with E-state index in [1.54, 1.807) is 11.1 Å². The Labute approximate surface area is 194 Å². The lowest BCUT2D eigenvalue weighted by Gasteiger charge is -2.42. The summed E-state index contributed by atoms with van der Waals surface area (Å²) >= 11 is 0. The second-order valence-electron chi connectivity index (χ2n) is 12.3. The Morgan fingerprint density at radius 3 is 1.84 bits per heavy atom. The molecular formula is C31H37N. The number of benzene rings is 3. The molecule has 32 heavy (non-hydrogen) atoms. The quantitative estimate of drug-likeness (QED) is 0.340. The van der Waals surface area contributed by atoms with Gasteiger partial charge in [0.1, 0.15) is 0 Å². The van der Waals surface area contributed by atoms with Gasteiger partial charge in [-0.1, -0.05) is 78.8 Å². The van der Waals surface area contributed by atoms with E-state index in [9.17, 15) is 0 Å². The van der Waals surface area contributed by atoms with Crippen LogP contribution < -0.4 is 5.32 Å². The molecule has 1 N–H and O–H groups in total. The Hall–Kier alpha value is -2.54. The van der Waals surface area contributed by atoms with E-state index < -0.39 is 0 Å². The van der Waals surface area contributed by atoms with Gasteiger partial charge >= 0.3 is 0 Å². The van der Waals surface area contributed by atoms with Gasteiger partial charge in [0.15, 0.2) is 0 Å². The van der Waals surface area contributed by atoms with Gasteiger partial charge in [-0.25, -0.2) is 0 Å². The molecule has 0 saturated heterocycles. The van der Waals surface area contributed by atoms with Crippen molar-refractivity contribution in [3.63, 3.8) is 0 Å². The van der Waals surface area contributed by atoms with E-state index in [0.29, 0.717) is 0 Å². The highest BCUT2D eigenvalue weighted by Crippen LogP contribution is 2.50. The van der Waals surface area contributed by atoms with Crippen LogP contribution in [0.3, 0.4) is 0 Å². The number of hydrogen-bond donors (Lipinski definition) is 1. The number of hydrogen-bond acceptors (Lipinski definition) is 1. The first-order valence-corrected chi connectivity index (χ1v) is 12.1. The third-order valence-corrected chi connectivity index (χ3v) is 7.90. The van der Waals surface area contributed by atoms with Gasteiger partial charge in [-0.3, -0.25) is 0 Å². The topological polar surface area (TPSA) is 12.0 Å². The molecule has 0 radical (unpaired) electrons. The van der Waals surface area contributed by atoms with Gasteiger partial charge in [0, 0.05) is 11.4 Å². The first-order chi connectivity index (χ1) is 14.9. The summed E-state index contributed by atoms with van der Waals surface area (Å²) in [6.07, 6.45) is 3.57. The minimum Gasteiger partial charge on any atom is -0.356 e. The van der Waals surface area contributed by atoms with Gasteiger partial charge in [-0.2, -0.15) is 0 Å². The molecule has 0 aliphatic heterocycles. The SMILES string of the molecule is CC(C)(C)c1ccc(Nc2ccc3c(c2)-c2cc4c(cc2C3)C(C)(C)CCC4(C)C)cc1. The second-order valence-corrected chi connectivity index (χ2v) is 12.3. The summed E-state index contributed by atoms with van der Waals surface area (Å²) in [5.41, 5.74) is 13.3. The fourth-order valence-electron chi connectivity index (χ4n) is 5.54. The Balaban J connectivity index is 1.50. The highest BCUT2D eigenvalue weighted by Gasteiger charge is 2.38. The van der Waals surface area contributed by atoms with E-state index in [0.717, 1.165) is 17.8 Å². The molecule has 1 nitrogen and oxygen atoms in total. The van der Waals surface area contributed by atoms with E-state index in [-0.39, 0.29) is 16.2 Å². The van der Waals surface area contributed by atoms with Crippen molar-refractivity contribution in [1.29, 1.82) is 0 Å². The standard InChI is InChI=1S/C31H37N/c1-29(2,3)22-9-12-23(13-10-22)32-24-11-8-20-16-21-17-27-28(19-26(21)25(20)18-24)31(6,7)15-14-30(27,4)5/h8-13,17-19,32H,14-16H2,1-7H3. The molecule has 0 unspecified atom stereocenters. The van der Waals surface area contributed by atoms with Crippen molar-refractivity contribution < 1.29 is 0 Å². The smallest absolute Gasteiger partial charge is 0.0390 e. The minimum absolute atomic E-state index is 0.178. The molecular weight excluding hydrogens is 386 g/mol. The van der Waals surface area contributed by atoms with Gasteiger partial charge in [0.25, 0.3) is 0 Å². The number of nitrogens with one attached hydrogen (secondary N) is 1. The minimum atomic E-state index is 0.178. The highest BCUT2D eigenvalue weighted by molar-refractivity contribution is 5.82. The summed E-state index contributed by atoms with van der Waals surface area (Å²) in [7, 11) is 0. The van der Waals surface area contributed by atoms with Gasteiger partial charge in [0.05, 0.1) is 0 Å². The summed E-state index contributed by atoms with van der Waals surface area (Å²) in [4.78, 5) is 0. The van der Waals surface area contributed by atoms with E-state index in [1.165, 1.54) is 40.7 Å². The van der Waals surface area contributed by atoms with E-state index in [2.05, 4.69) is 108 Å². The average molecular weight is 424 g/mol. The molecule has 3 aromatic rings. The highest BCUT2D eigenvalue weighted by atomic mass is 14.9. The van der Waals surface area contributed by atoms with Gasteiger partial charge in [-0.05, 0) is 98.7 Å². The number of fused-ring (bicyclic) bond motifs is 4. The van der Waals surface area contributed by atoms with Crippen molar-refractivity contribution >= 4 is 11.4 Å². The van der Waals surface area contributed by atoms with Crippen molar-refractivity contribution in [3.05, 3.63) is 82.4 Å². The predicted molar refractivity (Wildman–Crippen MR) is 138 cm³/mol. The maximum atomic E-state index is 3.63. The molecule has 0 heterocycles. The molecule has 0 fully saturated rings. The Bertz CT molecular complexity index is 1190. The Morgan fingerprint density at radius 1 is 0.656 bits per heavy atom. The predicted octanol–water partition coefficient (Wildman–Crippen LogP) is 8.65. The molecule has 3 aromatic carbocycles. The molecule has 0 spiro atoms. The van der Waals surface area contributed by atoms with E-state index in [1.807, 2.05) is 0 Å². The Morgan fingerprint density at radius 2 is 1.22 bits per heavy atom. The van der Waals surface area contributed by atoms with Crippen LogP contribution in [-0.2, 0) is 22.7 Å². The summed E-state index contributed by atoms with van der Waals surface area (Å²) in [6, 6.07) is 20.8. The maximum Gasteiger partial charge on any atom is 0.0390 e. The molecule has 0 bridgehead atoms. The molecule has 2 aliphatic carbocycles. The van der Waals surface area contributed by atoms with Crippen LogP contribution in [0.2, 0.25) is 0 Å². The monoisotopic (exact) mass is 423 g/mol. The van der Waals surface area contributed by atoms with E-state index >= 15 is 0 Å². The number of anilines is 2. The zero-order valence-corrected chi connectivity index (χ0v) is 20.8. The Kier molecular flexibility index (Phi) is 4.65.